The zero-order valence-corrected chi connectivity index (χ0v) is 18.4. The van der Waals surface area contributed by atoms with Crippen LogP contribution in [0.15, 0.2) is 30.6 Å². The molecule has 0 aromatic carbocycles. The van der Waals surface area contributed by atoms with Gasteiger partial charge < -0.3 is 17.5 Å². The first-order valence-corrected chi connectivity index (χ1v) is 11.2. The lowest BCUT2D eigenvalue weighted by molar-refractivity contribution is -0.808. The fourth-order valence-electron chi connectivity index (χ4n) is 3.66. The molecule has 1 rings (SSSR count). The predicted octanol–water partition coefficient (Wildman–Crippen LogP) is 3.72. The van der Waals surface area contributed by atoms with Crippen LogP contribution in [0.2, 0.25) is 0 Å². The van der Waals surface area contributed by atoms with Crippen molar-refractivity contribution in [3.8, 4) is 0 Å². The molecule has 1 aromatic rings. The number of aliphatic hydroxyl groups is 1. The summed E-state index contributed by atoms with van der Waals surface area (Å²) in [5, 5.41) is 10.8. The number of nitrogens with zero attached hydrogens (tertiary/aromatic N) is 1. The second-order valence-electron chi connectivity index (χ2n) is 7.86. The van der Waals surface area contributed by atoms with Crippen LogP contribution in [0.1, 0.15) is 110 Å². The van der Waals surface area contributed by atoms with E-state index in [1.54, 1.807) is 0 Å². The molecule has 27 heavy (non-hydrogen) atoms. The Bertz CT molecular complexity index is 426. The van der Waals surface area contributed by atoms with Crippen LogP contribution in [0.5, 0.6) is 0 Å². The minimum atomic E-state index is -0.821. The number of unbranched alkanes of at least 4 members (excludes halogenated alkanes) is 13. The van der Waals surface area contributed by atoms with Crippen LogP contribution in [0.25, 0.3) is 0 Å². The average molecular weight is 397 g/mol. The fraction of sp³-hybridized carbons (Fsp3) is 0.750. The van der Waals surface area contributed by atoms with Gasteiger partial charge in [-0.15, -0.1) is 0 Å². The molecule has 1 atom stereocenters. The summed E-state index contributed by atoms with van der Waals surface area (Å²) >= 11 is 0. The van der Waals surface area contributed by atoms with E-state index in [0.717, 1.165) is 12.8 Å². The van der Waals surface area contributed by atoms with Gasteiger partial charge in [-0.1, -0.05) is 96.5 Å². The Morgan fingerprint density at radius 1 is 0.704 bits per heavy atom. The van der Waals surface area contributed by atoms with E-state index in [9.17, 15) is 5.11 Å². The quantitative estimate of drug-likeness (QED) is 0.315. The smallest absolute Gasteiger partial charge is 0.269 e. The van der Waals surface area contributed by atoms with Crippen molar-refractivity contribution in [2.24, 2.45) is 0 Å². The predicted molar refractivity (Wildman–Crippen MR) is 112 cm³/mol. The van der Waals surface area contributed by atoms with E-state index in [4.69, 9.17) is 0 Å². The van der Waals surface area contributed by atoms with E-state index < -0.39 is 5.72 Å². The van der Waals surface area contributed by atoms with Crippen LogP contribution in [0, 0.1) is 6.92 Å². The van der Waals surface area contributed by atoms with E-state index in [1.165, 1.54) is 83.5 Å². The van der Waals surface area contributed by atoms with Crippen LogP contribution in [-0.2, 0) is 5.72 Å². The summed E-state index contributed by atoms with van der Waals surface area (Å²) in [7, 11) is 0. The highest BCUT2D eigenvalue weighted by Gasteiger charge is 2.33. The number of rotatable bonds is 17. The molecule has 1 N–H and O–H groups in total. The molecule has 1 unspecified atom stereocenters. The molecule has 0 aliphatic heterocycles. The van der Waals surface area contributed by atoms with E-state index in [2.05, 4.69) is 13.8 Å². The zero-order chi connectivity index (χ0) is 18.9. The van der Waals surface area contributed by atoms with E-state index in [0.29, 0.717) is 6.42 Å². The number of hydrogen-bond acceptors (Lipinski definition) is 1. The van der Waals surface area contributed by atoms with Gasteiger partial charge in [0.1, 0.15) is 0 Å². The van der Waals surface area contributed by atoms with Gasteiger partial charge in [-0.3, -0.25) is 0 Å². The molecule has 0 saturated heterocycles. The minimum Gasteiger partial charge on any atom is -1.00 e. The molecule has 0 fully saturated rings. The Morgan fingerprint density at radius 2 is 1.11 bits per heavy atom. The van der Waals surface area contributed by atoms with Crippen LogP contribution in [0.4, 0.5) is 0 Å². The van der Waals surface area contributed by atoms with Gasteiger partial charge in [0, 0.05) is 25.0 Å². The largest absolute Gasteiger partial charge is 1.00 e. The number of aromatic nitrogens is 1. The number of halogens is 1. The Kier molecular flexibility index (Phi) is 17.1. The summed E-state index contributed by atoms with van der Waals surface area (Å²) in [6, 6.07) is 5.91. The summed E-state index contributed by atoms with van der Waals surface area (Å²) in [6.07, 6.45) is 24.2. The third-order valence-electron chi connectivity index (χ3n) is 5.53. The van der Waals surface area contributed by atoms with Gasteiger partial charge >= 0.3 is 0 Å². The fourth-order valence-corrected chi connectivity index (χ4v) is 3.66. The molecule has 0 spiro atoms. The number of pyridine rings is 1. The van der Waals surface area contributed by atoms with Crippen LogP contribution in [0.3, 0.4) is 0 Å². The molecule has 0 aliphatic carbocycles. The molecule has 0 saturated carbocycles. The first-order chi connectivity index (χ1) is 12.7. The summed E-state index contributed by atoms with van der Waals surface area (Å²) in [5.41, 5.74) is -0.821. The van der Waals surface area contributed by atoms with Crippen LogP contribution in [-0.4, -0.2) is 5.11 Å². The third kappa shape index (κ3) is 12.5. The Balaban J connectivity index is 0.00000676. The van der Waals surface area contributed by atoms with E-state index in [1.807, 2.05) is 35.2 Å². The van der Waals surface area contributed by atoms with Gasteiger partial charge in [0.15, 0.2) is 12.4 Å². The summed E-state index contributed by atoms with van der Waals surface area (Å²) in [4.78, 5) is 0. The van der Waals surface area contributed by atoms with Crippen LogP contribution < -0.4 is 17.0 Å². The van der Waals surface area contributed by atoms with Crippen molar-refractivity contribution >= 4 is 0 Å². The van der Waals surface area contributed by atoms with E-state index in [-0.39, 0.29) is 12.4 Å². The lowest BCUT2D eigenvalue weighted by atomic mass is 10.00. The zero-order valence-electron chi connectivity index (χ0n) is 17.7. The molecule has 2 nitrogen and oxygen atoms in total. The van der Waals surface area contributed by atoms with Crippen molar-refractivity contribution in [3.05, 3.63) is 37.5 Å². The highest BCUT2D eigenvalue weighted by Crippen LogP contribution is 2.20. The lowest BCUT2D eigenvalue weighted by Crippen LogP contribution is -3.00. The van der Waals surface area contributed by atoms with Gasteiger partial charge in [-0.25, -0.2) is 0 Å². The molecule has 1 heterocycles. The molecule has 0 amide bonds. The molecule has 3 heteroatoms. The van der Waals surface area contributed by atoms with Gasteiger partial charge in [0.25, 0.3) is 5.72 Å². The van der Waals surface area contributed by atoms with Crippen molar-refractivity contribution in [2.45, 2.75) is 115 Å². The lowest BCUT2D eigenvalue weighted by Gasteiger charge is -2.20. The van der Waals surface area contributed by atoms with Crippen LogP contribution >= 0.6 is 0 Å². The first kappa shape index (κ1) is 26.4. The summed E-state index contributed by atoms with van der Waals surface area (Å²) < 4.78 is 1.91. The maximum absolute atomic E-state index is 10.8. The summed E-state index contributed by atoms with van der Waals surface area (Å²) in [5.74, 6) is 0. The molecular formula is C24H43ClNO. The highest BCUT2D eigenvalue weighted by atomic mass is 35.5. The molecular weight excluding hydrogens is 354 g/mol. The highest BCUT2D eigenvalue weighted by molar-refractivity contribution is 4.84. The second kappa shape index (κ2) is 17.5. The molecule has 0 aliphatic rings. The van der Waals surface area contributed by atoms with Crippen molar-refractivity contribution in [2.75, 3.05) is 0 Å². The Hall–Kier alpha value is -0.600. The van der Waals surface area contributed by atoms with Crippen molar-refractivity contribution in [1.82, 2.24) is 0 Å². The van der Waals surface area contributed by atoms with Gasteiger partial charge in [-0.05, 0) is 13.3 Å². The monoisotopic (exact) mass is 396 g/mol. The molecule has 157 valence electrons. The Labute approximate surface area is 175 Å². The molecule has 0 bridgehead atoms. The first-order valence-electron chi connectivity index (χ1n) is 11.2. The van der Waals surface area contributed by atoms with Crippen molar-refractivity contribution in [3.63, 3.8) is 0 Å². The Morgan fingerprint density at radius 3 is 1.52 bits per heavy atom. The van der Waals surface area contributed by atoms with Gasteiger partial charge in [0.2, 0.25) is 0 Å². The molecule has 1 radical (unpaired) electrons. The SMILES string of the molecule is [CH2]CC(O)(CCCCCCCCCCCCCCCC)[n+]1ccccc1.[Cl-]. The number of hydrogen-bond donors (Lipinski definition) is 1. The molecule has 1 aromatic heterocycles. The van der Waals surface area contributed by atoms with Crippen molar-refractivity contribution in [1.29, 1.82) is 0 Å². The second-order valence-corrected chi connectivity index (χ2v) is 7.86. The standard InChI is InChI=1S/C24H43NO.ClH/c1-3-5-6-7-8-9-10-11-12-13-14-15-16-18-21-24(26,4-2)25-22-19-17-20-23-25;/h17,19-20,22-23,26H,2-16,18,21H2,1H3;1H/q+1;/p-1. The normalized spacial score (nSPS) is 13.1. The maximum Gasteiger partial charge on any atom is 0.269 e. The van der Waals surface area contributed by atoms with E-state index >= 15 is 0 Å². The third-order valence-corrected chi connectivity index (χ3v) is 5.53. The average Bonchev–Trinajstić information content (AvgIpc) is 2.68. The van der Waals surface area contributed by atoms with Gasteiger partial charge in [-0.2, -0.15) is 4.57 Å². The summed E-state index contributed by atoms with van der Waals surface area (Å²) in [6.45, 7) is 6.23. The topological polar surface area (TPSA) is 24.1 Å². The maximum atomic E-state index is 10.8. The van der Waals surface area contributed by atoms with Crippen molar-refractivity contribution < 1.29 is 22.1 Å². The minimum absolute atomic E-state index is 0. The van der Waals surface area contributed by atoms with Gasteiger partial charge in [0.05, 0.1) is 0 Å².